The maximum absolute atomic E-state index is 11.5. The van der Waals surface area contributed by atoms with Gasteiger partial charge in [0.25, 0.3) is 0 Å². The molecule has 15 heavy (non-hydrogen) atoms. The molecule has 0 radical (unpaired) electrons. The van der Waals surface area contributed by atoms with Gasteiger partial charge in [0.15, 0.2) is 0 Å². The molecule has 80 valence electrons. The zero-order chi connectivity index (χ0) is 11.3. The van der Waals surface area contributed by atoms with Gasteiger partial charge >= 0.3 is 5.97 Å². The summed E-state index contributed by atoms with van der Waals surface area (Å²) in [7, 11) is 0.0518. The highest BCUT2D eigenvalue weighted by molar-refractivity contribution is 7.88. The largest absolute Gasteiger partial charge is 0.497 e. The highest BCUT2D eigenvalue weighted by Crippen LogP contribution is 2.16. The fourth-order valence-corrected chi connectivity index (χ4v) is 1.77. The predicted molar refractivity (Wildman–Crippen MR) is 56.2 cm³/mol. The Kier molecular flexibility index (Phi) is 4.05. The molecule has 0 heterocycles. The van der Waals surface area contributed by atoms with Crippen LogP contribution in [0.4, 0.5) is 0 Å². The van der Waals surface area contributed by atoms with E-state index in [0.717, 1.165) is 11.5 Å². The van der Waals surface area contributed by atoms with Crippen LogP contribution >= 0.6 is 0 Å². The Hall–Kier alpha value is -1.62. The van der Waals surface area contributed by atoms with E-state index in [1.165, 1.54) is 7.11 Å². The Bertz CT molecular complexity index is 412. The summed E-state index contributed by atoms with van der Waals surface area (Å²) in [6, 6.07) is 6.66. The van der Waals surface area contributed by atoms with Crippen molar-refractivity contribution in [3.8, 4) is 5.75 Å². The summed E-state index contributed by atoms with van der Waals surface area (Å²) in [5.74, 6) is -0.532. The maximum atomic E-state index is 11.5. The molecule has 0 aliphatic carbocycles. The van der Waals surface area contributed by atoms with Gasteiger partial charge in [-0.05, 0) is 18.2 Å². The maximum Gasteiger partial charge on any atom is 0.328 e. The molecular weight excluding hydrogens is 216 g/mol. The first-order valence-corrected chi connectivity index (χ1v) is 5.30. The molecule has 0 bridgehead atoms. The van der Waals surface area contributed by atoms with Gasteiger partial charge in [-0.25, -0.2) is 9.00 Å². The average molecular weight is 226 g/mol. The first-order valence-electron chi connectivity index (χ1n) is 4.09. The number of aliphatic carboxylic acids is 1. The predicted octanol–water partition coefficient (Wildman–Crippen LogP) is 1.40. The topological polar surface area (TPSA) is 63.6 Å². The minimum absolute atomic E-state index is 0.506. The molecule has 1 N–H and O–H groups in total. The van der Waals surface area contributed by atoms with Gasteiger partial charge in [-0.3, -0.25) is 0 Å². The zero-order valence-electron chi connectivity index (χ0n) is 8.04. The minimum Gasteiger partial charge on any atom is -0.497 e. The Labute approximate surface area is 89.6 Å². The van der Waals surface area contributed by atoms with Crippen LogP contribution in [0.5, 0.6) is 5.75 Å². The summed E-state index contributed by atoms with van der Waals surface area (Å²) in [4.78, 5) is 10.7. The fourth-order valence-electron chi connectivity index (χ4n) is 0.925. The van der Waals surface area contributed by atoms with Crippen LogP contribution in [0.1, 0.15) is 0 Å². The van der Waals surface area contributed by atoms with Crippen molar-refractivity contribution in [1.29, 1.82) is 0 Å². The van der Waals surface area contributed by atoms with Gasteiger partial charge in [0.2, 0.25) is 0 Å². The first-order chi connectivity index (χ1) is 7.13. The quantitative estimate of drug-likeness (QED) is 0.788. The third-order valence-electron chi connectivity index (χ3n) is 1.61. The first kappa shape index (κ1) is 11.5. The molecule has 4 nitrogen and oxygen atoms in total. The van der Waals surface area contributed by atoms with E-state index in [0.29, 0.717) is 10.6 Å². The lowest BCUT2D eigenvalue weighted by Crippen LogP contribution is -1.91. The van der Waals surface area contributed by atoms with Crippen LogP contribution in [0.3, 0.4) is 0 Å². The number of carboxylic acid groups (broad SMARTS) is 1. The summed E-state index contributed by atoms with van der Waals surface area (Å²) >= 11 is 0. The van der Waals surface area contributed by atoms with Crippen LogP contribution in [0.15, 0.2) is 40.6 Å². The van der Waals surface area contributed by atoms with Crippen LogP contribution < -0.4 is 4.74 Å². The zero-order valence-corrected chi connectivity index (χ0v) is 8.86. The lowest BCUT2D eigenvalue weighted by Gasteiger charge is -2.00. The molecule has 1 atom stereocenters. The highest BCUT2D eigenvalue weighted by atomic mass is 32.2. The standard InChI is InChI=1S/C10H10O4S/c1-14-8-3-2-4-9(7-8)15(13)6-5-10(11)12/h2-7H,1H3,(H,11,12)/b6-5+. The van der Waals surface area contributed by atoms with E-state index in [-0.39, 0.29) is 0 Å². The van der Waals surface area contributed by atoms with Crippen LogP contribution in [0.25, 0.3) is 0 Å². The van der Waals surface area contributed by atoms with Crippen molar-refractivity contribution in [2.45, 2.75) is 4.90 Å². The molecule has 1 aromatic rings. The van der Waals surface area contributed by atoms with Crippen LogP contribution in [0, 0.1) is 0 Å². The normalized spacial score (nSPS) is 12.6. The van der Waals surface area contributed by atoms with E-state index >= 15 is 0 Å². The van der Waals surface area contributed by atoms with Crippen LogP contribution in [-0.2, 0) is 15.6 Å². The second-order valence-corrected chi connectivity index (χ2v) is 3.96. The Morgan fingerprint density at radius 3 is 2.87 bits per heavy atom. The molecule has 0 fully saturated rings. The van der Waals surface area contributed by atoms with Gasteiger partial charge in [-0.15, -0.1) is 0 Å². The average Bonchev–Trinajstić information content (AvgIpc) is 2.26. The molecule has 5 heteroatoms. The molecule has 1 unspecified atom stereocenters. The molecule has 0 saturated heterocycles. The fraction of sp³-hybridized carbons (Fsp3) is 0.100. The number of hydrogen-bond acceptors (Lipinski definition) is 3. The highest BCUT2D eigenvalue weighted by Gasteiger charge is 2.01. The molecule has 0 amide bonds. The van der Waals surface area contributed by atoms with Crippen molar-refractivity contribution >= 4 is 16.8 Å². The van der Waals surface area contributed by atoms with E-state index in [1.807, 2.05) is 0 Å². The molecule has 0 aromatic heterocycles. The van der Waals surface area contributed by atoms with Crippen molar-refractivity contribution in [2.24, 2.45) is 0 Å². The van der Waals surface area contributed by atoms with Crippen molar-refractivity contribution in [3.63, 3.8) is 0 Å². The van der Waals surface area contributed by atoms with Crippen molar-refractivity contribution < 1.29 is 18.8 Å². The Morgan fingerprint density at radius 1 is 1.53 bits per heavy atom. The van der Waals surface area contributed by atoms with Gasteiger partial charge in [0.1, 0.15) is 5.75 Å². The summed E-state index contributed by atoms with van der Waals surface area (Å²) in [5, 5.41) is 9.49. The third kappa shape index (κ3) is 3.55. The van der Waals surface area contributed by atoms with E-state index in [2.05, 4.69) is 0 Å². The SMILES string of the molecule is COc1cccc(S(=O)/C=C/C(=O)O)c1. The van der Waals surface area contributed by atoms with Crippen molar-refractivity contribution in [2.75, 3.05) is 7.11 Å². The van der Waals surface area contributed by atoms with E-state index < -0.39 is 16.8 Å². The number of carboxylic acids is 1. The number of rotatable bonds is 4. The Balaban J connectivity index is 2.86. The summed E-state index contributed by atoms with van der Waals surface area (Å²) < 4.78 is 16.5. The molecule has 0 spiro atoms. The summed E-state index contributed by atoms with van der Waals surface area (Å²) in [6.07, 6.45) is 0.857. The van der Waals surface area contributed by atoms with Gasteiger partial charge in [-0.2, -0.15) is 0 Å². The van der Waals surface area contributed by atoms with Crippen molar-refractivity contribution in [1.82, 2.24) is 0 Å². The van der Waals surface area contributed by atoms with E-state index in [9.17, 15) is 9.00 Å². The smallest absolute Gasteiger partial charge is 0.328 e. The van der Waals surface area contributed by atoms with E-state index in [1.54, 1.807) is 24.3 Å². The summed E-state index contributed by atoms with van der Waals surface area (Å²) in [5.41, 5.74) is 0. The molecule has 0 aliphatic heterocycles. The second kappa shape index (κ2) is 5.31. The third-order valence-corrected chi connectivity index (χ3v) is 2.71. The second-order valence-electron chi connectivity index (χ2n) is 2.62. The number of benzene rings is 1. The monoisotopic (exact) mass is 226 g/mol. The Morgan fingerprint density at radius 2 is 2.27 bits per heavy atom. The number of ether oxygens (including phenoxy) is 1. The lowest BCUT2D eigenvalue weighted by atomic mass is 10.3. The molecule has 0 aliphatic rings. The molecule has 1 aromatic carbocycles. The van der Waals surface area contributed by atoms with Crippen molar-refractivity contribution in [3.05, 3.63) is 35.7 Å². The van der Waals surface area contributed by atoms with Gasteiger partial charge in [0, 0.05) is 16.4 Å². The molecular formula is C10H10O4S. The molecule has 0 saturated carbocycles. The van der Waals surface area contributed by atoms with Gasteiger partial charge in [0.05, 0.1) is 17.9 Å². The minimum atomic E-state index is -1.46. The van der Waals surface area contributed by atoms with Gasteiger partial charge < -0.3 is 9.84 Å². The summed E-state index contributed by atoms with van der Waals surface area (Å²) in [6.45, 7) is 0. The number of carbonyl (C=O) groups is 1. The van der Waals surface area contributed by atoms with Crippen LogP contribution in [0.2, 0.25) is 0 Å². The number of hydrogen-bond donors (Lipinski definition) is 1. The molecule has 1 rings (SSSR count). The van der Waals surface area contributed by atoms with Crippen LogP contribution in [-0.4, -0.2) is 22.4 Å². The lowest BCUT2D eigenvalue weighted by molar-refractivity contribution is -0.131. The van der Waals surface area contributed by atoms with E-state index in [4.69, 9.17) is 9.84 Å². The number of methoxy groups -OCH3 is 1. The van der Waals surface area contributed by atoms with Gasteiger partial charge in [-0.1, -0.05) is 6.07 Å².